The third kappa shape index (κ3) is 5.05. The number of hydrogen-bond acceptors (Lipinski definition) is 3. The van der Waals surface area contributed by atoms with Crippen LogP contribution in [-0.2, 0) is 0 Å². The number of halogens is 2. The van der Waals surface area contributed by atoms with Gasteiger partial charge in [-0.25, -0.2) is 0 Å². The van der Waals surface area contributed by atoms with Crippen LogP contribution in [0.2, 0.25) is 0 Å². The van der Waals surface area contributed by atoms with Gasteiger partial charge in [0.2, 0.25) is 0 Å². The van der Waals surface area contributed by atoms with Crippen LogP contribution in [-0.4, -0.2) is 50.1 Å². The Morgan fingerprint density at radius 1 is 1.40 bits per heavy atom. The summed E-state index contributed by atoms with van der Waals surface area (Å²) in [6.07, 6.45) is 0. The van der Waals surface area contributed by atoms with E-state index in [1.165, 1.54) is 0 Å². The molecule has 1 fully saturated rings. The number of nitrogens with one attached hydrogen (secondary N) is 2. The maximum absolute atomic E-state index is 12.0. The van der Waals surface area contributed by atoms with Crippen LogP contribution in [0.3, 0.4) is 0 Å². The molecule has 1 saturated heterocycles. The van der Waals surface area contributed by atoms with Gasteiger partial charge in [-0.05, 0) is 24.6 Å². The summed E-state index contributed by atoms with van der Waals surface area (Å²) >= 11 is 3.45. The highest BCUT2D eigenvalue weighted by atomic mass is 79.9. The second kappa shape index (κ2) is 8.62. The van der Waals surface area contributed by atoms with Crippen molar-refractivity contribution in [1.82, 2.24) is 15.5 Å². The molecule has 0 unspecified atom stereocenters. The van der Waals surface area contributed by atoms with Crippen molar-refractivity contribution in [3.63, 3.8) is 0 Å². The van der Waals surface area contributed by atoms with Crippen molar-refractivity contribution in [3.05, 3.63) is 33.8 Å². The number of amides is 1. The first kappa shape index (κ1) is 17.4. The van der Waals surface area contributed by atoms with E-state index in [4.69, 9.17) is 0 Å². The Morgan fingerprint density at radius 2 is 2.10 bits per heavy atom. The lowest BCUT2D eigenvalue weighted by Gasteiger charge is -2.27. The minimum Gasteiger partial charge on any atom is -0.351 e. The number of rotatable bonds is 4. The predicted molar refractivity (Wildman–Crippen MR) is 87.8 cm³/mol. The van der Waals surface area contributed by atoms with Gasteiger partial charge >= 0.3 is 0 Å². The van der Waals surface area contributed by atoms with Crippen LogP contribution < -0.4 is 10.6 Å². The smallest absolute Gasteiger partial charge is 0.251 e. The molecule has 0 saturated carbocycles. The molecule has 112 valence electrons. The maximum Gasteiger partial charge on any atom is 0.251 e. The fraction of sp³-hybridized carbons (Fsp3) is 0.500. The van der Waals surface area contributed by atoms with E-state index in [0.29, 0.717) is 12.1 Å². The van der Waals surface area contributed by atoms with Crippen LogP contribution in [0.25, 0.3) is 0 Å². The van der Waals surface area contributed by atoms with Crippen molar-refractivity contribution in [2.45, 2.75) is 6.92 Å². The summed E-state index contributed by atoms with van der Waals surface area (Å²) in [5.74, 6) is -0.00386. The molecule has 2 N–H and O–H groups in total. The number of hydrogen-bond donors (Lipinski definition) is 2. The number of piperazine rings is 1. The van der Waals surface area contributed by atoms with Gasteiger partial charge in [-0.3, -0.25) is 9.69 Å². The Hall–Kier alpha value is -0.620. The van der Waals surface area contributed by atoms with Crippen LogP contribution in [0, 0.1) is 6.92 Å². The number of carbonyl (C=O) groups excluding carboxylic acids is 1. The molecule has 1 aromatic rings. The summed E-state index contributed by atoms with van der Waals surface area (Å²) in [6.45, 7) is 7.83. The lowest BCUT2D eigenvalue weighted by molar-refractivity contribution is 0.0947. The van der Waals surface area contributed by atoms with Crippen LogP contribution in [0.4, 0.5) is 0 Å². The minimum atomic E-state index is -0.00386. The van der Waals surface area contributed by atoms with E-state index < -0.39 is 0 Å². The predicted octanol–water partition coefficient (Wildman–Crippen LogP) is 1.81. The van der Waals surface area contributed by atoms with E-state index in [9.17, 15) is 4.79 Å². The fourth-order valence-electron chi connectivity index (χ4n) is 2.10. The zero-order valence-corrected chi connectivity index (χ0v) is 14.0. The second-order valence-corrected chi connectivity index (χ2v) is 5.67. The molecule has 1 aliphatic heterocycles. The molecule has 0 atom stereocenters. The third-order valence-electron chi connectivity index (χ3n) is 3.36. The summed E-state index contributed by atoms with van der Waals surface area (Å²) in [5.41, 5.74) is 1.84. The number of nitrogens with zero attached hydrogens (tertiary/aromatic N) is 1. The van der Waals surface area contributed by atoms with Crippen LogP contribution in [0.15, 0.2) is 22.7 Å². The first-order chi connectivity index (χ1) is 9.16. The van der Waals surface area contributed by atoms with E-state index in [0.717, 1.165) is 42.8 Å². The van der Waals surface area contributed by atoms with Gasteiger partial charge in [-0.15, -0.1) is 12.4 Å². The monoisotopic (exact) mass is 361 g/mol. The molecular weight excluding hydrogens is 342 g/mol. The van der Waals surface area contributed by atoms with Gasteiger partial charge in [-0.2, -0.15) is 0 Å². The van der Waals surface area contributed by atoms with E-state index in [-0.39, 0.29) is 18.3 Å². The van der Waals surface area contributed by atoms with Gasteiger partial charge in [0.05, 0.1) is 0 Å². The summed E-state index contributed by atoms with van der Waals surface area (Å²) in [5, 5.41) is 6.29. The van der Waals surface area contributed by atoms with Crippen molar-refractivity contribution in [2.75, 3.05) is 39.3 Å². The topological polar surface area (TPSA) is 44.4 Å². The van der Waals surface area contributed by atoms with Crippen molar-refractivity contribution in [1.29, 1.82) is 0 Å². The van der Waals surface area contributed by atoms with Gasteiger partial charge < -0.3 is 10.6 Å². The van der Waals surface area contributed by atoms with Crippen molar-refractivity contribution in [3.8, 4) is 0 Å². The highest BCUT2D eigenvalue weighted by molar-refractivity contribution is 9.10. The summed E-state index contributed by atoms with van der Waals surface area (Å²) in [7, 11) is 0. The second-order valence-electron chi connectivity index (χ2n) is 4.81. The van der Waals surface area contributed by atoms with Gasteiger partial charge in [-0.1, -0.05) is 22.0 Å². The Balaban J connectivity index is 0.00000200. The molecule has 1 aromatic carbocycles. The molecular formula is C14H21BrClN3O. The Bertz CT molecular complexity index is 450. The standard InChI is InChI=1S/C14H20BrN3O.ClH/c1-11-2-3-12(10-13(11)15)14(19)17-6-9-18-7-4-16-5-8-18;/h2-3,10,16H,4-9H2,1H3,(H,17,19);1H. The zero-order valence-electron chi connectivity index (χ0n) is 11.6. The Labute approximate surface area is 134 Å². The summed E-state index contributed by atoms with van der Waals surface area (Å²) in [6, 6.07) is 5.69. The molecule has 2 rings (SSSR count). The highest BCUT2D eigenvalue weighted by Crippen LogP contribution is 2.17. The third-order valence-corrected chi connectivity index (χ3v) is 4.21. The average molecular weight is 363 g/mol. The van der Waals surface area contributed by atoms with Gasteiger partial charge in [0.25, 0.3) is 5.91 Å². The van der Waals surface area contributed by atoms with Gasteiger partial charge in [0.15, 0.2) is 0 Å². The fourth-order valence-corrected chi connectivity index (χ4v) is 2.48. The number of carbonyl (C=O) groups is 1. The number of benzene rings is 1. The molecule has 1 heterocycles. The molecule has 0 aliphatic carbocycles. The molecule has 1 amide bonds. The maximum atomic E-state index is 12.0. The van der Waals surface area contributed by atoms with Crippen molar-refractivity contribution < 1.29 is 4.79 Å². The molecule has 20 heavy (non-hydrogen) atoms. The quantitative estimate of drug-likeness (QED) is 0.859. The SMILES string of the molecule is Cc1ccc(C(=O)NCCN2CCNCC2)cc1Br.Cl. The Kier molecular flexibility index (Phi) is 7.51. The first-order valence-corrected chi connectivity index (χ1v) is 7.43. The van der Waals surface area contributed by atoms with Crippen molar-refractivity contribution >= 4 is 34.2 Å². The molecule has 6 heteroatoms. The number of aryl methyl sites for hydroxylation is 1. The highest BCUT2D eigenvalue weighted by Gasteiger charge is 2.10. The average Bonchev–Trinajstić information content (AvgIpc) is 2.43. The van der Waals surface area contributed by atoms with Crippen molar-refractivity contribution in [2.24, 2.45) is 0 Å². The zero-order chi connectivity index (χ0) is 13.7. The summed E-state index contributed by atoms with van der Waals surface area (Å²) in [4.78, 5) is 14.3. The molecule has 0 bridgehead atoms. The van der Waals surface area contributed by atoms with Gasteiger partial charge in [0.1, 0.15) is 0 Å². The minimum absolute atomic E-state index is 0. The van der Waals surface area contributed by atoms with E-state index in [2.05, 4.69) is 31.5 Å². The molecule has 4 nitrogen and oxygen atoms in total. The largest absolute Gasteiger partial charge is 0.351 e. The van der Waals surface area contributed by atoms with Gasteiger partial charge in [0, 0.05) is 49.3 Å². The van der Waals surface area contributed by atoms with Crippen LogP contribution in [0.5, 0.6) is 0 Å². The Morgan fingerprint density at radius 3 is 2.75 bits per heavy atom. The lowest BCUT2D eigenvalue weighted by Crippen LogP contribution is -2.46. The van der Waals surface area contributed by atoms with E-state index in [1.807, 2.05) is 25.1 Å². The summed E-state index contributed by atoms with van der Waals surface area (Å²) < 4.78 is 0.974. The molecule has 0 aromatic heterocycles. The molecule has 0 spiro atoms. The first-order valence-electron chi connectivity index (χ1n) is 6.64. The molecule has 0 radical (unpaired) electrons. The van der Waals surface area contributed by atoms with Crippen LogP contribution >= 0.6 is 28.3 Å². The normalized spacial score (nSPS) is 15.5. The van der Waals surface area contributed by atoms with E-state index >= 15 is 0 Å². The van der Waals surface area contributed by atoms with E-state index in [1.54, 1.807) is 0 Å². The van der Waals surface area contributed by atoms with Crippen LogP contribution in [0.1, 0.15) is 15.9 Å². The lowest BCUT2D eigenvalue weighted by atomic mass is 10.1. The molecule has 1 aliphatic rings.